The number of carbonyl (C=O) groups excluding carboxylic acids is 2. The van der Waals surface area contributed by atoms with Crippen LogP contribution in [0.15, 0.2) is 46.3 Å². The Morgan fingerprint density at radius 1 is 1.34 bits per heavy atom. The van der Waals surface area contributed by atoms with Crippen LogP contribution in [0.25, 0.3) is 0 Å². The van der Waals surface area contributed by atoms with Crippen LogP contribution in [0.3, 0.4) is 0 Å². The molecule has 0 aliphatic rings. The van der Waals surface area contributed by atoms with Crippen LogP contribution in [0.5, 0.6) is 0 Å². The van der Waals surface area contributed by atoms with Gasteiger partial charge >= 0.3 is 0 Å². The summed E-state index contributed by atoms with van der Waals surface area (Å²) in [5.74, 6) is 0.612. The highest BCUT2D eigenvalue weighted by molar-refractivity contribution is 8.00. The Bertz CT molecular complexity index is 991. The molecule has 0 saturated heterocycles. The van der Waals surface area contributed by atoms with Crippen LogP contribution in [0.4, 0.5) is 5.69 Å². The lowest BCUT2D eigenvalue weighted by Gasteiger charge is -2.13. The first-order chi connectivity index (χ1) is 13.9. The number of rotatable bonds is 9. The molecule has 0 aromatic carbocycles. The maximum absolute atomic E-state index is 12.6. The van der Waals surface area contributed by atoms with Gasteiger partial charge in [0.05, 0.1) is 23.7 Å². The zero-order valence-corrected chi connectivity index (χ0v) is 17.1. The Morgan fingerprint density at radius 3 is 2.86 bits per heavy atom. The number of aryl methyl sites for hydroxylation is 1. The lowest BCUT2D eigenvalue weighted by Crippen LogP contribution is -2.23. The number of anilines is 1. The number of nitrogens with two attached hydrogens (primary N) is 1. The molecule has 3 aromatic heterocycles. The maximum atomic E-state index is 12.6. The van der Waals surface area contributed by atoms with Gasteiger partial charge in [0.25, 0.3) is 0 Å². The molecule has 0 aliphatic heterocycles. The zero-order chi connectivity index (χ0) is 20.8. The number of nitrogens with zero attached hydrogens (tertiary/aromatic N) is 4. The van der Waals surface area contributed by atoms with Crippen LogP contribution < -0.4 is 11.1 Å². The Balaban J connectivity index is 1.75. The molecule has 11 heteroatoms. The number of primary amides is 1. The third-order valence-electron chi connectivity index (χ3n) is 3.95. The minimum atomic E-state index is -0.491. The standard InChI is InChI=1S/C18H19ClN6O3S/c1-11(17(27)22-13-5-2-8-21-16(13)19)29-18-24-23-15(7-6-14(20)26)25(18)10-12-4-3-9-28-12/h2-5,8-9,11H,6-7,10H2,1H3,(H2,20,26)(H,22,27). The summed E-state index contributed by atoms with van der Waals surface area (Å²) in [7, 11) is 0. The average molecular weight is 435 g/mol. The molecule has 1 unspecified atom stereocenters. The lowest BCUT2D eigenvalue weighted by atomic mass is 10.3. The molecule has 2 amide bonds. The van der Waals surface area contributed by atoms with Gasteiger partial charge in [-0.3, -0.25) is 14.2 Å². The van der Waals surface area contributed by atoms with E-state index in [0.717, 1.165) is 0 Å². The SMILES string of the molecule is CC(Sc1nnc(CCC(N)=O)n1Cc1ccco1)C(=O)Nc1cccnc1Cl. The van der Waals surface area contributed by atoms with Crippen molar-refractivity contribution in [3.8, 4) is 0 Å². The van der Waals surface area contributed by atoms with Crippen LogP contribution >= 0.6 is 23.4 Å². The summed E-state index contributed by atoms with van der Waals surface area (Å²) in [6.07, 6.45) is 3.61. The predicted octanol–water partition coefficient (Wildman–Crippen LogP) is 2.50. The molecule has 0 spiro atoms. The van der Waals surface area contributed by atoms with Crippen LogP contribution in [0.1, 0.15) is 24.9 Å². The zero-order valence-electron chi connectivity index (χ0n) is 15.5. The number of hydrogen-bond acceptors (Lipinski definition) is 7. The molecule has 29 heavy (non-hydrogen) atoms. The van der Waals surface area contributed by atoms with Gasteiger partial charge in [-0.2, -0.15) is 0 Å². The van der Waals surface area contributed by atoms with Crippen molar-refractivity contribution >= 4 is 40.9 Å². The largest absolute Gasteiger partial charge is 0.467 e. The van der Waals surface area contributed by atoms with Crippen molar-refractivity contribution in [1.82, 2.24) is 19.7 Å². The first kappa shape index (κ1) is 20.9. The summed E-state index contributed by atoms with van der Waals surface area (Å²) in [6.45, 7) is 2.12. The second-order valence-electron chi connectivity index (χ2n) is 6.12. The van der Waals surface area contributed by atoms with Crippen molar-refractivity contribution in [3.05, 3.63) is 53.5 Å². The maximum Gasteiger partial charge on any atom is 0.237 e. The van der Waals surface area contributed by atoms with Gasteiger partial charge in [0.15, 0.2) is 10.3 Å². The van der Waals surface area contributed by atoms with E-state index in [-0.39, 0.29) is 17.5 Å². The lowest BCUT2D eigenvalue weighted by molar-refractivity contribution is -0.118. The number of nitrogens with one attached hydrogen (secondary N) is 1. The summed E-state index contributed by atoms with van der Waals surface area (Å²) < 4.78 is 7.22. The molecule has 3 N–H and O–H groups in total. The van der Waals surface area contributed by atoms with Gasteiger partial charge in [0.2, 0.25) is 11.8 Å². The monoisotopic (exact) mass is 434 g/mol. The van der Waals surface area contributed by atoms with Crippen LogP contribution in [-0.4, -0.2) is 36.8 Å². The Hall–Kier alpha value is -2.85. The molecular weight excluding hydrogens is 416 g/mol. The van der Waals surface area contributed by atoms with E-state index >= 15 is 0 Å². The van der Waals surface area contributed by atoms with E-state index in [1.165, 1.54) is 11.8 Å². The topological polar surface area (TPSA) is 129 Å². The molecule has 9 nitrogen and oxygen atoms in total. The fourth-order valence-electron chi connectivity index (χ4n) is 2.47. The average Bonchev–Trinajstić information content (AvgIpc) is 3.33. The quantitative estimate of drug-likeness (QED) is 0.391. The summed E-state index contributed by atoms with van der Waals surface area (Å²) in [6, 6.07) is 6.96. The van der Waals surface area contributed by atoms with E-state index in [2.05, 4.69) is 20.5 Å². The molecule has 152 valence electrons. The van der Waals surface area contributed by atoms with Crippen molar-refractivity contribution in [2.75, 3.05) is 5.32 Å². The van der Waals surface area contributed by atoms with Gasteiger partial charge in [0.1, 0.15) is 11.6 Å². The number of furan rings is 1. The Morgan fingerprint density at radius 2 is 2.17 bits per heavy atom. The normalized spacial score (nSPS) is 11.9. The second-order valence-corrected chi connectivity index (χ2v) is 7.79. The van der Waals surface area contributed by atoms with Crippen molar-refractivity contribution in [3.63, 3.8) is 0 Å². The van der Waals surface area contributed by atoms with Crippen molar-refractivity contribution in [2.45, 2.75) is 36.7 Å². The highest BCUT2D eigenvalue weighted by atomic mass is 35.5. The molecule has 0 fully saturated rings. The van der Waals surface area contributed by atoms with Gasteiger partial charge in [-0.25, -0.2) is 4.98 Å². The van der Waals surface area contributed by atoms with Gasteiger partial charge in [-0.05, 0) is 31.2 Å². The van der Waals surface area contributed by atoms with Crippen molar-refractivity contribution in [1.29, 1.82) is 0 Å². The molecule has 0 bridgehead atoms. The summed E-state index contributed by atoms with van der Waals surface area (Å²) in [5.41, 5.74) is 5.69. The van der Waals surface area contributed by atoms with Gasteiger partial charge < -0.3 is 15.5 Å². The smallest absolute Gasteiger partial charge is 0.237 e. The number of thioether (sulfide) groups is 1. The van der Waals surface area contributed by atoms with Crippen molar-refractivity contribution in [2.24, 2.45) is 5.73 Å². The van der Waals surface area contributed by atoms with Gasteiger partial charge in [0, 0.05) is 19.0 Å². The number of hydrogen-bond donors (Lipinski definition) is 2. The van der Waals surface area contributed by atoms with Crippen LogP contribution in [0.2, 0.25) is 5.15 Å². The third-order valence-corrected chi connectivity index (χ3v) is 5.33. The highest BCUT2D eigenvalue weighted by Crippen LogP contribution is 2.26. The van der Waals surface area contributed by atoms with E-state index < -0.39 is 11.2 Å². The van der Waals surface area contributed by atoms with Crippen molar-refractivity contribution < 1.29 is 14.0 Å². The third kappa shape index (κ3) is 5.58. The molecule has 0 saturated carbocycles. The van der Waals surface area contributed by atoms with E-state index in [9.17, 15) is 9.59 Å². The first-order valence-electron chi connectivity index (χ1n) is 8.75. The fourth-order valence-corrected chi connectivity index (χ4v) is 3.50. The summed E-state index contributed by atoms with van der Waals surface area (Å²) in [4.78, 5) is 27.7. The van der Waals surface area contributed by atoms with Gasteiger partial charge in [-0.1, -0.05) is 23.4 Å². The molecule has 3 aromatic rings. The predicted molar refractivity (Wildman–Crippen MR) is 109 cm³/mol. The molecule has 0 radical (unpaired) electrons. The molecular formula is C18H19ClN6O3S. The van der Waals surface area contributed by atoms with E-state index in [4.69, 9.17) is 21.8 Å². The number of halogens is 1. The van der Waals surface area contributed by atoms with E-state index in [1.807, 2.05) is 10.6 Å². The van der Waals surface area contributed by atoms with E-state index in [1.54, 1.807) is 37.6 Å². The summed E-state index contributed by atoms with van der Waals surface area (Å²) >= 11 is 7.23. The highest BCUT2D eigenvalue weighted by Gasteiger charge is 2.22. The first-order valence-corrected chi connectivity index (χ1v) is 10.0. The molecule has 0 aliphatic carbocycles. The Labute approximate surface area is 176 Å². The van der Waals surface area contributed by atoms with E-state index in [0.29, 0.717) is 35.4 Å². The number of amides is 2. The fraction of sp³-hybridized carbons (Fsp3) is 0.278. The number of pyridine rings is 1. The minimum absolute atomic E-state index is 0.149. The molecule has 3 heterocycles. The molecule has 1 atom stereocenters. The van der Waals surface area contributed by atoms with Crippen LogP contribution in [-0.2, 0) is 22.6 Å². The van der Waals surface area contributed by atoms with Crippen LogP contribution in [0, 0.1) is 0 Å². The number of aromatic nitrogens is 4. The second kappa shape index (κ2) is 9.57. The Kier molecular flexibility index (Phi) is 6.89. The number of carbonyl (C=O) groups is 2. The molecule has 3 rings (SSSR count). The minimum Gasteiger partial charge on any atom is -0.467 e. The van der Waals surface area contributed by atoms with Gasteiger partial charge in [-0.15, -0.1) is 10.2 Å². The summed E-state index contributed by atoms with van der Waals surface area (Å²) in [5, 5.41) is 11.3.